The van der Waals surface area contributed by atoms with Crippen LogP contribution >= 0.6 is 0 Å². The molecular formula is C24H26N4O4. The van der Waals surface area contributed by atoms with Crippen LogP contribution in [0.4, 0.5) is 5.82 Å². The number of anilines is 1. The number of para-hydroxylation sites is 2. The second kappa shape index (κ2) is 8.74. The summed E-state index contributed by atoms with van der Waals surface area (Å²) in [4.78, 5) is 22.6. The van der Waals surface area contributed by atoms with Gasteiger partial charge in [0.05, 0.1) is 37.5 Å². The Morgan fingerprint density at radius 2 is 1.69 bits per heavy atom. The topological polar surface area (TPSA) is 101 Å². The van der Waals surface area contributed by atoms with Gasteiger partial charge in [0.2, 0.25) is 0 Å². The fourth-order valence-electron chi connectivity index (χ4n) is 3.45. The minimum Gasteiger partial charge on any atom is -0.497 e. The molecule has 4 rings (SSSR count). The highest BCUT2D eigenvalue weighted by Gasteiger charge is 2.26. The van der Waals surface area contributed by atoms with E-state index < -0.39 is 5.97 Å². The van der Waals surface area contributed by atoms with Gasteiger partial charge in [-0.1, -0.05) is 32.4 Å². The summed E-state index contributed by atoms with van der Waals surface area (Å²) in [6, 6.07) is 12.8. The maximum atomic E-state index is 13.1. The van der Waals surface area contributed by atoms with Gasteiger partial charge in [0.25, 0.3) is 0 Å². The van der Waals surface area contributed by atoms with Gasteiger partial charge in [-0.15, -0.1) is 0 Å². The minimum atomic E-state index is -0.522. The quantitative estimate of drug-likeness (QED) is 0.431. The van der Waals surface area contributed by atoms with Crippen molar-refractivity contribution in [2.75, 3.05) is 26.6 Å². The van der Waals surface area contributed by atoms with Gasteiger partial charge in [-0.05, 0) is 18.1 Å². The fraction of sp³-hybridized carbons (Fsp3) is 0.292. The molecule has 2 N–H and O–H groups in total. The smallest absolute Gasteiger partial charge is 0.344 e. The number of nitrogens with zero attached hydrogens (tertiary/aromatic N) is 3. The number of nitrogens with two attached hydrogens (primary N) is 1. The van der Waals surface area contributed by atoms with Crippen LogP contribution in [0.3, 0.4) is 0 Å². The van der Waals surface area contributed by atoms with Crippen LogP contribution in [0.1, 0.15) is 30.6 Å². The number of esters is 1. The van der Waals surface area contributed by atoms with Crippen molar-refractivity contribution in [3.8, 4) is 17.2 Å². The Bertz CT molecular complexity index is 1280. The van der Waals surface area contributed by atoms with Crippen molar-refractivity contribution in [3.63, 3.8) is 0 Å². The fourth-order valence-corrected chi connectivity index (χ4v) is 3.45. The van der Waals surface area contributed by atoms with Crippen LogP contribution in [0.15, 0.2) is 42.5 Å². The first-order valence-electron chi connectivity index (χ1n) is 10.4. The Morgan fingerprint density at radius 1 is 1.06 bits per heavy atom. The molecule has 8 nitrogen and oxygen atoms in total. The minimum absolute atomic E-state index is 0.194. The number of fused-ring (bicyclic) bond motifs is 2. The van der Waals surface area contributed by atoms with Crippen molar-refractivity contribution < 1.29 is 19.0 Å². The number of hydrogen-bond acceptors (Lipinski definition) is 7. The van der Waals surface area contributed by atoms with Crippen LogP contribution in [0.2, 0.25) is 0 Å². The Hall–Kier alpha value is -3.81. The van der Waals surface area contributed by atoms with Gasteiger partial charge < -0.3 is 19.9 Å². The lowest BCUT2D eigenvalue weighted by Crippen LogP contribution is -2.13. The number of carbonyl (C=O) groups is 1. The molecule has 0 saturated heterocycles. The maximum absolute atomic E-state index is 13.1. The van der Waals surface area contributed by atoms with Crippen molar-refractivity contribution in [2.45, 2.75) is 20.3 Å². The molecule has 0 aliphatic heterocycles. The molecule has 1 atom stereocenters. The van der Waals surface area contributed by atoms with Gasteiger partial charge in [-0.25, -0.2) is 14.8 Å². The van der Waals surface area contributed by atoms with E-state index in [1.165, 1.54) is 0 Å². The molecule has 0 fully saturated rings. The van der Waals surface area contributed by atoms with E-state index in [0.717, 1.165) is 6.42 Å². The van der Waals surface area contributed by atoms with Gasteiger partial charge in [0, 0.05) is 18.2 Å². The van der Waals surface area contributed by atoms with Crippen LogP contribution in [-0.4, -0.2) is 41.3 Å². The highest BCUT2D eigenvalue weighted by molar-refractivity contribution is 6.09. The van der Waals surface area contributed by atoms with E-state index in [-0.39, 0.29) is 17.3 Å². The number of hydrogen-bond donors (Lipinski definition) is 1. The second-order valence-corrected chi connectivity index (χ2v) is 7.66. The predicted octanol–water partition coefficient (Wildman–Crippen LogP) is 4.38. The summed E-state index contributed by atoms with van der Waals surface area (Å²) >= 11 is 0. The molecule has 32 heavy (non-hydrogen) atoms. The third kappa shape index (κ3) is 3.79. The summed E-state index contributed by atoms with van der Waals surface area (Å²) in [6.45, 7) is 4.37. The highest BCUT2D eigenvalue weighted by Crippen LogP contribution is 2.34. The summed E-state index contributed by atoms with van der Waals surface area (Å²) in [5.41, 5.74) is 9.55. The molecule has 0 aliphatic rings. The lowest BCUT2D eigenvalue weighted by molar-refractivity contribution is 0.0450. The van der Waals surface area contributed by atoms with E-state index in [2.05, 4.69) is 0 Å². The first-order valence-corrected chi connectivity index (χ1v) is 10.4. The molecule has 166 valence electrons. The van der Waals surface area contributed by atoms with Gasteiger partial charge in [-0.2, -0.15) is 0 Å². The third-order valence-corrected chi connectivity index (χ3v) is 5.49. The maximum Gasteiger partial charge on any atom is 0.344 e. The highest BCUT2D eigenvalue weighted by atomic mass is 16.5. The summed E-state index contributed by atoms with van der Waals surface area (Å²) in [5.74, 6) is 1.07. The zero-order chi connectivity index (χ0) is 22.8. The molecular weight excluding hydrogens is 408 g/mol. The molecule has 1 unspecified atom stereocenters. The van der Waals surface area contributed by atoms with E-state index in [1.807, 2.05) is 38.1 Å². The Labute approximate surface area is 185 Å². The lowest BCUT2D eigenvalue weighted by Gasteiger charge is -2.12. The van der Waals surface area contributed by atoms with Crippen LogP contribution in [0, 0.1) is 5.92 Å². The standard InChI is InChI=1S/C24H26N4O4/c1-5-14(2)13-32-24(29)20-21-23(27-19-9-7-6-8-18(19)26-21)28(22(20)25)15-10-16(30-3)12-17(11-15)31-4/h6-12,14H,5,13,25H2,1-4H3. The predicted molar refractivity (Wildman–Crippen MR) is 124 cm³/mol. The van der Waals surface area contributed by atoms with E-state index >= 15 is 0 Å². The SMILES string of the molecule is CCC(C)COC(=O)c1c(N)n(-c2cc(OC)cc(OC)c2)c2nc3ccccc3nc12. The van der Waals surface area contributed by atoms with Gasteiger partial charge >= 0.3 is 5.97 Å². The average molecular weight is 434 g/mol. The number of nitrogen functional groups attached to an aromatic ring is 1. The summed E-state index contributed by atoms with van der Waals surface area (Å²) in [6.07, 6.45) is 0.901. The number of benzene rings is 2. The molecule has 2 aromatic heterocycles. The summed E-state index contributed by atoms with van der Waals surface area (Å²) < 4.78 is 18.1. The van der Waals surface area contributed by atoms with Crippen LogP contribution in [0.25, 0.3) is 27.9 Å². The van der Waals surface area contributed by atoms with Crippen LogP contribution in [0.5, 0.6) is 11.5 Å². The number of methoxy groups -OCH3 is 2. The first kappa shape index (κ1) is 21.4. The normalized spacial score (nSPS) is 12.1. The molecule has 0 saturated carbocycles. The zero-order valence-corrected chi connectivity index (χ0v) is 18.6. The molecule has 8 heteroatoms. The monoisotopic (exact) mass is 434 g/mol. The molecule has 0 bridgehead atoms. The number of aromatic nitrogens is 3. The lowest BCUT2D eigenvalue weighted by atomic mass is 10.1. The van der Waals surface area contributed by atoms with Gasteiger partial charge in [-0.3, -0.25) is 4.57 Å². The van der Waals surface area contributed by atoms with Crippen molar-refractivity contribution in [1.29, 1.82) is 0 Å². The Morgan fingerprint density at radius 3 is 2.28 bits per heavy atom. The van der Waals surface area contributed by atoms with E-state index in [4.69, 9.17) is 29.9 Å². The van der Waals surface area contributed by atoms with Crippen molar-refractivity contribution in [3.05, 3.63) is 48.0 Å². The summed E-state index contributed by atoms with van der Waals surface area (Å²) in [7, 11) is 3.14. The van der Waals surface area contributed by atoms with Gasteiger partial charge in [0.1, 0.15) is 28.4 Å². The Kier molecular flexibility index (Phi) is 5.85. The molecule has 4 aromatic rings. The number of rotatable bonds is 7. The van der Waals surface area contributed by atoms with Crippen molar-refractivity contribution in [2.24, 2.45) is 5.92 Å². The number of ether oxygens (including phenoxy) is 3. The number of carbonyl (C=O) groups excluding carboxylic acids is 1. The van der Waals surface area contributed by atoms with Crippen LogP contribution < -0.4 is 15.2 Å². The zero-order valence-electron chi connectivity index (χ0n) is 18.6. The van der Waals surface area contributed by atoms with E-state index in [9.17, 15) is 4.79 Å². The molecule has 0 radical (unpaired) electrons. The van der Waals surface area contributed by atoms with E-state index in [0.29, 0.717) is 46.0 Å². The van der Waals surface area contributed by atoms with Crippen molar-refractivity contribution in [1.82, 2.24) is 14.5 Å². The largest absolute Gasteiger partial charge is 0.497 e. The van der Waals surface area contributed by atoms with Gasteiger partial charge in [0.15, 0.2) is 5.65 Å². The average Bonchev–Trinajstić information content (AvgIpc) is 3.10. The van der Waals surface area contributed by atoms with Crippen molar-refractivity contribution >= 4 is 34.0 Å². The molecule has 0 amide bonds. The third-order valence-electron chi connectivity index (χ3n) is 5.49. The van der Waals surface area contributed by atoms with E-state index in [1.54, 1.807) is 37.0 Å². The molecule has 2 heterocycles. The first-order chi connectivity index (χ1) is 15.5. The van der Waals surface area contributed by atoms with Crippen LogP contribution in [-0.2, 0) is 4.74 Å². The molecule has 0 spiro atoms. The summed E-state index contributed by atoms with van der Waals surface area (Å²) in [5, 5.41) is 0. The Balaban J connectivity index is 1.98. The molecule has 0 aliphatic carbocycles. The molecule has 2 aromatic carbocycles. The second-order valence-electron chi connectivity index (χ2n) is 7.66.